The van der Waals surface area contributed by atoms with E-state index < -0.39 is 5.60 Å². The van der Waals surface area contributed by atoms with Crippen molar-refractivity contribution < 1.29 is 5.11 Å². The van der Waals surface area contributed by atoms with Crippen molar-refractivity contribution >= 4 is 32.9 Å². The van der Waals surface area contributed by atoms with Gasteiger partial charge >= 0.3 is 0 Å². The number of fused-ring (bicyclic) bond motifs is 1. The number of nitrogens with zero attached hydrogens (tertiary/aromatic N) is 2. The molecule has 0 radical (unpaired) electrons. The molecule has 18 heavy (non-hydrogen) atoms. The lowest BCUT2D eigenvalue weighted by Crippen LogP contribution is -2.36. The van der Waals surface area contributed by atoms with E-state index in [-0.39, 0.29) is 0 Å². The van der Waals surface area contributed by atoms with E-state index in [0.29, 0.717) is 6.54 Å². The van der Waals surface area contributed by atoms with E-state index in [2.05, 4.69) is 4.98 Å². The number of anilines is 2. The van der Waals surface area contributed by atoms with Crippen LogP contribution in [0.2, 0.25) is 0 Å². The second-order valence-electron chi connectivity index (χ2n) is 5.28. The molecule has 0 saturated carbocycles. The van der Waals surface area contributed by atoms with E-state index in [1.54, 1.807) is 25.2 Å². The van der Waals surface area contributed by atoms with E-state index in [9.17, 15) is 5.11 Å². The SMILES string of the molecule is Cc1nc2cc(N(C)CC(C)(C)O)c(N)cc2s1. The maximum atomic E-state index is 9.86. The molecule has 0 amide bonds. The standard InChI is InChI=1S/C13H19N3OS/c1-8-15-10-6-11(9(14)5-12(10)18-8)16(4)7-13(2,3)17/h5-6,17H,7,14H2,1-4H3. The first-order chi connectivity index (χ1) is 8.26. The molecule has 5 heteroatoms. The topological polar surface area (TPSA) is 62.4 Å². The molecule has 2 aromatic rings. The van der Waals surface area contributed by atoms with E-state index in [0.717, 1.165) is 26.6 Å². The molecular formula is C13H19N3OS. The number of rotatable bonds is 3. The summed E-state index contributed by atoms with van der Waals surface area (Å²) in [5.74, 6) is 0. The Labute approximate surface area is 111 Å². The number of thiazole rings is 1. The predicted octanol–water partition coefficient (Wildman–Crippen LogP) is 2.39. The van der Waals surface area contributed by atoms with Crippen molar-refractivity contribution in [1.82, 2.24) is 4.98 Å². The van der Waals surface area contributed by atoms with Gasteiger partial charge in [0, 0.05) is 13.6 Å². The average molecular weight is 265 g/mol. The lowest BCUT2D eigenvalue weighted by atomic mass is 10.1. The number of aryl methyl sites for hydroxylation is 1. The summed E-state index contributed by atoms with van der Waals surface area (Å²) in [6.07, 6.45) is 0. The minimum Gasteiger partial charge on any atom is -0.397 e. The summed E-state index contributed by atoms with van der Waals surface area (Å²) in [5.41, 5.74) is 7.91. The molecule has 1 heterocycles. The third-order valence-electron chi connectivity index (χ3n) is 2.68. The number of likely N-dealkylation sites (N-methyl/N-ethyl adjacent to an activating group) is 1. The summed E-state index contributed by atoms with van der Waals surface area (Å²) in [4.78, 5) is 6.43. The molecule has 0 atom stereocenters. The molecule has 0 aliphatic heterocycles. The molecule has 4 nitrogen and oxygen atoms in total. The average Bonchev–Trinajstić information content (AvgIpc) is 2.53. The molecule has 0 aliphatic rings. The van der Waals surface area contributed by atoms with E-state index >= 15 is 0 Å². The highest BCUT2D eigenvalue weighted by molar-refractivity contribution is 7.18. The number of hydrogen-bond donors (Lipinski definition) is 2. The first kappa shape index (κ1) is 13.1. The van der Waals surface area contributed by atoms with Gasteiger partial charge in [-0.05, 0) is 32.9 Å². The van der Waals surface area contributed by atoms with Crippen molar-refractivity contribution in [2.75, 3.05) is 24.2 Å². The molecule has 0 unspecified atom stereocenters. The van der Waals surface area contributed by atoms with Gasteiger partial charge in [0.05, 0.1) is 32.2 Å². The number of benzene rings is 1. The Kier molecular flexibility index (Phi) is 3.21. The normalized spacial score (nSPS) is 12.1. The number of nitrogen functional groups attached to an aromatic ring is 1. The van der Waals surface area contributed by atoms with Gasteiger partial charge in [0.1, 0.15) is 0 Å². The van der Waals surface area contributed by atoms with Gasteiger partial charge in [-0.3, -0.25) is 0 Å². The van der Waals surface area contributed by atoms with E-state index in [1.807, 2.05) is 31.0 Å². The largest absolute Gasteiger partial charge is 0.397 e. The van der Waals surface area contributed by atoms with Crippen LogP contribution in [0, 0.1) is 6.92 Å². The van der Waals surface area contributed by atoms with Crippen LogP contribution in [-0.2, 0) is 0 Å². The Morgan fingerprint density at radius 2 is 2.11 bits per heavy atom. The maximum absolute atomic E-state index is 9.86. The molecule has 2 rings (SSSR count). The molecule has 1 aromatic carbocycles. The molecular weight excluding hydrogens is 246 g/mol. The Morgan fingerprint density at radius 3 is 2.72 bits per heavy atom. The second-order valence-corrected chi connectivity index (χ2v) is 6.51. The summed E-state index contributed by atoms with van der Waals surface area (Å²) < 4.78 is 1.10. The summed E-state index contributed by atoms with van der Waals surface area (Å²) in [7, 11) is 1.93. The number of nitrogens with two attached hydrogens (primary N) is 1. The lowest BCUT2D eigenvalue weighted by molar-refractivity contribution is 0.0886. The molecule has 1 aromatic heterocycles. The molecule has 0 saturated heterocycles. The van der Waals surface area contributed by atoms with Crippen LogP contribution >= 0.6 is 11.3 Å². The molecule has 98 valence electrons. The third kappa shape index (κ3) is 2.73. The Bertz CT molecular complexity index is 571. The Balaban J connectivity index is 2.40. The van der Waals surface area contributed by atoms with Crippen LogP contribution in [0.15, 0.2) is 12.1 Å². The van der Waals surface area contributed by atoms with Gasteiger partial charge in [0.15, 0.2) is 0 Å². The summed E-state index contributed by atoms with van der Waals surface area (Å²) in [5, 5.41) is 10.9. The molecule has 0 aliphatic carbocycles. The van der Waals surface area contributed by atoms with Crippen LogP contribution in [0.4, 0.5) is 11.4 Å². The van der Waals surface area contributed by atoms with Crippen molar-refractivity contribution in [2.45, 2.75) is 26.4 Å². The van der Waals surface area contributed by atoms with Crippen molar-refractivity contribution in [3.8, 4) is 0 Å². The van der Waals surface area contributed by atoms with Crippen LogP contribution in [0.25, 0.3) is 10.2 Å². The van der Waals surface area contributed by atoms with Crippen LogP contribution < -0.4 is 10.6 Å². The fourth-order valence-corrected chi connectivity index (χ4v) is 2.95. The highest BCUT2D eigenvalue weighted by Gasteiger charge is 2.18. The summed E-state index contributed by atoms with van der Waals surface area (Å²) >= 11 is 1.64. The van der Waals surface area contributed by atoms with Crippen LogP contribution in [-0.4, -0.2) is 29.3 Å². The van der Waals surface area contributed by atoms with Crippen molar-refractivity contribution in [3.05, 3.63) is 17.1 Å². The smallest absolute Gasteiger partial charge is 0.0907 e. The molecule has 3 N–H and O–H groups in total. The van der Waals surface area contributed by atoms with Gasteiger partial charge in [-0.15, -0.1) is 11.3 Å². The third-order valence-corrected chi connectivity index (χ3v) is 3.61. The summed E-state index contributed by atoms with van der Waals surface area (Å²) in [6.45, 7) is 6.07. The highest BCUT2D eigenvalue weighted by Crippen LogP contribution is 2.31. The predicted molar refractivity (Wildman–Crippen MR) is 78.3 cm³/mol. The van der Waals surface area contributed by atoms with Crippen LogP contribution in [0.5, 0.6) is 0 Å². The fourth-order valence-electron chi connectivity index (χ4n) is 2.09. The number of aliphatic hydroxyl groups is 1. The van der Waals surface area contributed by atoms with Gasteiger partial charge in [-0.1, -0.05) is 0 Å². The van der Waals surface area contributed by atoms with Crippen molar-refractivity contribution in [2.24, 2.45) is 0 Å². The van der Waals surface area contributed by atoms with Crippen molar-refractivity contribution in [1.29, 1.82) is 0 Å². The van der Waals surface area contributed by atoms with Gasteiger partial charge in [0.25, 0.3) is 0 Å². The fraction of sp³-hybridized carbons (Fsp3) is 0.462. The highest BCUT2D eigenvalue weighted by atomic mass is 32.1. The van der Waals surface area contributed by atoms with E-state index in [1.165, 1.54) is 0 Å². The monoisotopic (exact) mass is 265 g/mol. The van der Waals surface area contributed by atoms with Gasteiger partial charge in [0.2, 0.25) is 0 Å². The quantitative estimate of drug-likeness (QED) is 0.837. The van der Waals surface area contributed by atoms with Gasteiger partial charge < -0.3 is 15.7 Å². The van der Waals surface area contributed by atoms with Crippen LogP contribution in [0.3, 0.4) is 0 Å². The zero-order chi connectivity index (χ0) is 13.5. The second kappa shape index (κ2) is 4.40. The number of hydrogen-bond acceptors (Lipinski definition) is 5. The zero-order valence-corrected chi connectivity index (χ0v) is 12.0. The minimum absolute atomic E-state index is 0.520. The first-order valence-corrected chi connectivity index (χ1v) is 6.68. The molecule has 0 spiro atoms. The van der Waals surface area contributed by atoms with Gasteiger partial charge in [-0.25, -0.2) is 4.98 Å². The Hall–Kier alpha value is -1.33. The zero-order valence-electron chi connectivity index (χ0n) is 11.2. The minimum atomic E-state index is -0.756. The Morgan fingerprint density at radius 1 is 1.44 bits per heavy atom. The van der Waals surface area contributed by atoms with Gasteiger partial charge in [-0.2, -0.15) is 0 Å². The van der Waals surface area contributed by atoms with E-state index in [4.69, 9.17) is 5.73 Å². The maximum Gasteiger partial charge on any atom is 0.0907 e. The first-order valence-electron chi connectivity index (χ1n) is 5.86. The molecule has 0 fully saturated rings. The number of aromatic nitrogens is 1. The summed E-state index contributed by atoms with van der Waals surface area (Å²) in [6, 6.07) is 3.94. The molecule has 0 bridgehead atoms. The van der Waals surface area contributed by atoms with Crippen molar-refractivity contribution in [3.63, 3.8) is 0 Å². The lowest BCUT2D eigenvalue weighted by Gasteiger charge is -2.28. The van der Waals surface area contributed by atoms with Crippen LogP contribution in [0.1, 0.15) is 18.9 Å².